The Labute approximate surface area is 161 Å². The third-order valence-corrected chi connectivity index (χ3v) is 6.36. The van der Waals surface area contributed by atoms with Gasteiger partial charge in [0, 0.05) is 0 Å². The number of hydrogen-bond acceptors (Lipinski definition) is 2. The predicted octanol–water partition coefficient (Wildman–Crippen LogP) is 5.66. The Hall–Kier alpha value is -1.29. The van der Waals surface area contributed by atoms with Crippen LogP contribution in [0.3, 0.4) is 0 Å². The molecule has 2 unspecified atom stereocenters. The fourth-order valence-corrected chi connectivity index (χ4v) is 4.20. The molecular weight excluding hydrogens is 340 g/mol. The lowest BCUT2D eigenvalue weighted by molar-refractivity contribution is 0.0461. The Morgan fingerprint density at radius 3 is 2.42 bits per heavy atom. The lowest BCUT2D eigenvalue weighted by Crippen LogP contribution is -2.21. The molecule has 3 rings (SSSR count). The van der Waals surface area contributed by atoms with Crippen molar-refractivity contribution < 1.29 is 9.29 Å². The summed E-state index contributed by atoms with van der Waals surface area (Å²) in [6.07, 6.45) is 2.76. The van der Waals surface area contributed by atoms with Gasteiger partial charge in [-0.15, -0.1) is 0 Å². The molecule has 0 spiro atoms. The maximum absolute atomic E-state index is 11.8. The summed E-state index contributed by atoms with van der Waals surface area (Å²) >= 11 is -0.957. The van der Waals surface area contributed by atoms with Gasteiger partial charge in [-0.25, -0.2) is 0 Å². The minimum Gasteiger partial charge on any atom is -0.612 e. The topological polar surface area (TPSA) is 32.3 Å². The van der Waals surface area contributed by atoms with Crippen LogP contribution in [0, 0.1) is 0 Å². The van der Waals surface area contributed by atoms with Crippen LogP contribution < -0.4 is 0 Å². The molecule has 0 aliphatic carbocycles. The highest BCUT2D eigenvalue weighted by Gasteiger charge is 2.32. The molecule has 0 N–H and O–H groups in total. The lowest BCUT2D eigenvalue weighted by atomic mass is 9.78. The van der Waals surface area contributed by atoms with Crippen molar-refractivity contribution in [2.45, 2.75) is 69.5 Å². The Morgan fingerprint density at radius 2 is 1.77 bits per heavy atom. The van der Waals surface area contributed by atoms with Crippen molar-refractivity contribution in [3.05, 3.63) is 64.7 Å². The molecule has 26 heavy (non-hydrogen) atoms. The summed E-state index contributed by atoms with van der Waals surface area (Å²) < 4.78 is 18.0. The van der Waals surface area contributed by atoms with Crippen LogP contribution in [0.5, 0.6) is 0 Å². The first-order valence-electron chi connectivity index (χ1n) is 9.27. The molecule has 1 aliphatic heterocycles. The highest BCUT2D eigenvalue weighted by molar-refractivity contribution is 7.90. The zero-order valence-electron chi connectivity index (χ0n) is 16.8. The van der Waals surface area contributed by atoms with E-state index in [1.807, 2.05) is 12.1 Å². The number of hydrogen-bond donors (Lipinski definition) is 0. The van der Waals surface area contributed by atoms with E-state index in [4.69, 9.17) is 4.74 Å². The van der Waals surface area contributed by atoms with Crippen molar-refractivity contribution in [3.63, 3.8) is 0 Å². The second kappa shape index (κ2) is 7.03. The largest absolute Gasteiger partial charge is 0.612 e. The first-order valence-corrected chi connectivity index (χ1v) is 10.8. The van der Waals surface area contributed by atoms with Crippen LogP contribution >= 0.6 is 0 Å². The summed E-state index contributed by atoms with van der Waals surface area (Å²) in [5.74, 6) is 0. The van der Waals surface area contributed by atoms with Gasteiger partial charge in [0.1, 0.15) is 6.26 Å². The molecule has 0 saturated carbocycles. The van der Waals surface area contributed by atoms with E-state index in [-0.39, 0.29) is 16.9 Å². The van der Waals surface area contributed by atoms with Gasteiger partial charge >= 0.3 is 0 Å². The van der Waals surface area contributed by atoms with Crippen LogP contribution in [-0.2, 0) is 33.3 Å². The summed E-state index contributed by atoms with van der Waals surface area (Å²) in [6.45, 7) is 11.9. The highest BCUT2D eigenvalue weighted by Crippen LogP contribution is 2.42. The molecule has 0 radical (unpaired) electrons. The fraction of sp³-hybridized carbons (Fsp3) is 0.478. The standard InChI is InChI=1S/C23H30O2S/c1-22(2,3)17-10-11-20-16(12-17)15-25-21(20)14-23(4,5)18-8-7-9-19(13-18)26(6)24/h7-13,21H,14-15H2,1-6H3. The zero-order chi connectivity index (χ0) is 19.1. The van der Waals surface area contributed by atoms with Gasteiger partial charge in [0.2, 0.25) is 0 Å². The van der Waals surface area contributed by atoms with E-state index in [9.17, 15) is 4.55 Å². The van der Waals surface area contributed by atoms with Gasteiger partial charge in [0.15, 0.2) is 4.90 Å². The molecule has 1 aliphatic rings. The molecular formula is C23H30O2S. The van der Waals surface area contributed by atoms with Crippen molar-refractivity contribution in [2.75, 3.05) is 6.26 Å². The van der Waals surface area contributed by atoms with Gasteiger partial charge < -0.3 is 9.29 Å². The molecule has 2 atom stereocenters. The Bertz CT molecular complexity index is 787. The zero-order valence-corrected chi connectivity index (χ0v) is 17.6. The molecule has 0 saturated heterocycles. The van der Waals surface area contributed by atoms with E-state index in [0.717, 1.165) is 11.3 Å². The molecule has 1 heterocycles. The monoisotopic (exact) mass is 370 g/mol. The highest BCUT2D eigenvalue weighted by atomic mass is 32.2. The average Bonchev–Trinajstić information content (AvgIpc) is 2.96. The van der Waals surface area contributed by atoms with Crippen molar-refractivity contribution in [1.29, 1.82) is 0 Å². The van der Waals surface area contributed by atoms with Gasteiger partial charge in [-0.05, 0) is 62.8 Å². The molecule has 2 aromatic carbocycles. The Balaban J connectivity index is 1.83. The minimum absolute atomic E-state index is 0.0512. The van der Waals surface area contributed by atoms with Crippen LogP contribution in [0.25, 0.3) is 0 Å². The van der Waals surface area contributed by atoms with Gasteiger partial charge in [0.25, 0.3) is 0 Å². The summed E-state index contributed by atoms with van der Waals surface area (Å²) in [7, 11) is 0. The number of benzene rings is 2. The molecule has 0 bridgehead atoms. The maximum Gasteiger partial charge on any atom is 0.152 e. The van der Waals surface area contributed by atoms with E-state index in [0.29, 0.717) is 6.61 Å². The smallest absolute Gasteiger partial charge is 0.152 e. The quantitative estimate of drug-likeness (QED) is 0.650. The summed E-state index contributed by atoms with van der Waals surface area (Å²) in [5, 5.41) is 0. The van der Waals surface area contributed by atoms with Crippen LogP contribution in [0.4, 0.5) is 0 Å². The van der Waals surface area contributed by atoms with Gasteiger partial charge in [-0.1, -0.05) is 65.0 Å². The van der Waals surface area contributed by atoms with E-state index >= 15 is 0 Å². The summed E-state index contributed by atoms with van der Waals surface area (Å²) in [6, 6.07) is 15.0. The van der Waals surface area contributed by atoms with Gasteiger partial charge in [-0.3, -0.25) is 0 Å². The first-order chi connectivity index (χ1) is 12.1. The van der Waals surface area contributed by atoms with E-state index in [1.165, 1.54) is 22.3 Å². The molecule has 140 valence electrons. The molecule has 0 aromatic heterocycles. The van der Waals surface area contributed by atoms with Crippen LogP contribution in [-0.4, -0.2) is 10.8 Å². The summed E-state index contributed by atoms with van der Waals surface area (Å²) in [4.78, 5) is 0.887. The van der Waals surface area contributed by atoms with Crippen molar-refractivity contribution >= 4 is 11.2 Å². The molecule has 3 heteroatoms. The number of ether oxygens (including phenoxy) is 1. The normalized spacial score (nSPS) is 18.7. The SMILES string of the molecule is C[S+]([O-])c1cccc(C(C)(C)CC2OCc3cc(C(C)(C)C)ccc32)c1. The average molecular weight is 371 g/mol. The molecule has 2 aromatic rings. The second-order valence-corrected chi connectivity index (χ2v) is 10.4. The third-order valence-electron chi connectivity index (χ3n) is 5.44. The Kier molecular flexibility index (Phi) is 5.26. The number of rotatable bonds is 4. The van der Waals surface area contributed by atoms with Crippen molar-refractivity contribution in [1.82, 2.24) is 0 Å². The van der Waals surface area contributed by atoms with E-state index < -0.39 is 11.2 Å². The Morgan fingerprint density at radius 1 is 1.04 bits per heavy atom. The maximum atomic E-state index is 11.8. The fourth-order valence-electron chi connectivity index (χ4n) is 3.64. The molecule has 0 amide bonds. The van der Waals surface area contributed by atoms with E-state index in [1.54, 1.807) is 6.26 Å². The van der Waals surface area contributed by atoms with Crippen LogP contribution in [0.2, 0.25) is 0 Å². The first kappa shape index (κ1) is 19.5. The summed E-state index contributed by atoms with van der Waals surface area (Å²) in [5.41, 5.74) is 5.32. The van der Waals surface area contributed by atoms with Crippen LogP contribution in [0.1, 0.15) is 69.4 Å². The molecule has 0 fully saturated rings. The predicted molar refractivity (Wildman–Crippen MR) is 109 cm³/mol. The van der Waals surface area contributed by atoms with Crippen LogP contribution in [0.15, 0.2) is 47.4 Å². The van der Waals surface area contributed by atoms with Gasteiger partial charge in [-0.2, -0.15) is 0 Å². The number of fused-ring (bicyclic) bond motifs is 1. The molecule has 2 nitrogen and oxygen atoms in total. The minimum atomic E-state index is -0.957. The third kappa shape index (κ3) is 4.00. The van der Waals surface area contributed by atoms with E-state index in [2.05, 4.69) is 65.0 Å². The van der Waals surface area contributed by atoms with Gasteiger partial charge in [0.05, 0.1) is 12.7 Å². The van der Waals surface area contributed by atoms with Crippen molar-refractivity contribution in [2.24, 2.45) is 0 Å². The van der Waals surface area contributed by atoms with Crippen molar-refractivity contribution in [3.8, 4) is 0 Å². The lowest BCUT2D eigenvalue weighted by Gasteiger charge is -2.29. The second-order valence-electron chi connectivity index (χ2n) is 9.03.